The van der Waals surface area contributed by atoms with Crippen molar-refractivity contribution < 1.29 is 32.2 Å². The summed E-state index contributed by atoms with van der Waals surface area (Å²) in [4.78, 5) is 13.5. The molecule has 11 heteroatoms. The summed E-state index contributed by atoms with van der Waals surface area (Å²) in [6, 6.07) is 20.3. The van der Waals surface area contributed by atoms with E-state index in [0.29, 0.717) is 11.6 Å². The number of aromatic nitrogens is 3. The molecule has 0 saturated carbocycles. The van der Waals surface area contributed by atoms with Crippen LogP contribution in [0, 0.1) is 0 Å². The molecule has 0 unspecified atom stereocenters. The van der Waals surface area contributed by atoms with Gasteiger partial charge < -0.3 is 14.2 Å². The Morgan fingerprint density at radius 2 is 1.51 bits per heavy atom. The molecule has 4 rings (SSSR count). The highest BCUT2D eigenvalue weighted by Crippen LogP contribution is 2.32. The van der Waals surface area contributed by atoms with E-state index in [9.17, 15) is 18.0 Å². The number of carbonyl (C=O) groups is 1. The van der Waals surface area contributed by atoms with Crippen molar-refractivity contribution in [2.75, 3.05) is 13.7 Å². The smallest absolute Gasteiger partial charge is 0.497 e. The molecule has 1 heterocycles. The highest BCUT2D eigenvalue weighted by molar-refractivity contribution is 7.99. The zero-order valence-electron chi connectivity index (χ0n) is 19.9. The first-order valence-electron chi connectivity index (χ1n) is 11.1. The number of esters is 1. The first kappa shape index (κ1) is 26.1. The minimum absolute atomic E-state index is 0.207. The largest absolute Gasteiger partial charge is 0.573 e. The molecule has 3 aromatic carbocycles. The lowest BCUT2D eigenvalue weighted by Crippen LogP contribution is -2.16. The summed E-state index contributed by atoms with van der Waals surface area (Å²) in [6.07, 6.45) is -4.74. The van der Waals surface area contributed by atoms with Crippen LogP contribution in [0.25, 0.3) is 11.1 Å². The van der Waals surface area contributed by atoms with Gasteiger partial charge in [0.25, 0.3) is 0 Å². The molecule has 0 aliphatic carbocycles. The highest BCUT2D eigenvalue weighted by atomic mass is 32.2. The van der Waals surface area contributed by atoms with Gasteiger partial charge in [-0.15, -0.1) is 18.3 Å². The summed E-state index contributed by atoms with van der Waals surface area (Å²) in [5.41, 5.74) is 2.68. The van der Waals surface area contributed by atoms with Gasteiger partial charge in [-0.25, -0.2) is 9.48 Å². The number of benzene rings is 3. The quantitative estimate of drug-likeness (QED) is 0.238. The van der Waals surface area contributed by atoms with Crippen molar-refractivity contribution in [3.8, 4) is 22.6 Å². The van der Waals surface area contributed by atoms with Gasteiger partial charge in [0.2, 0.25) is 0 Å². The molecule has 37 heavy (non-hydrogen) atoms. The van der Waals surface area contributed by atoms with Crippen LogP contribution in [0.4, 0.5) is 13.2 Å². The average molecular weight is 530 g/mol. The molecule has 0 N–H and O–H groups in total. The van der Waals surface area contributed by atoms with E-state index in [2.05, 4.69) is 15.0 Å². The zero-order chi connectivity index (χ0) is 26.4. The predicted octanol–water partition coefficient (Wildman–Crippen LogP) is 6.23. The van der Waals surface area contributed by atoms with Crippen LogP contribution in [0.3, 0.4) is 0 Å². The van der Waals surface area contributed by atoms with E-state index < -0.39 is 12.3 Å². The minimum Gasteiger partial charge on any atom is -0.497 e. The van der Waals surface area contributed by atoms with Crippen molar-refractivity contribution in [1.82, 2.24) is 15.0 Å². The van der Waals surface area contributed by atoms with Crippen molar-refractivity contribution in [3.63, 3.8) is 0 Å². The number of hydrogen-bond donors (Lipinski definition) is 0. The number of halogens is 3. The maximum atomic E-state index is 12.7. The van der Waals surface area contributed by atoms with E-state index in [-0.39, 0.29) is 18.1 Å². The van der Waals surface area contributed by atoms with Crippen LogP contribution in [0.5, 0.6) is 11.5 Å². The first-order chi connectivity index (χ1) is 17.8. The maximum Gasteiger partial charge on any atom is 0.573 e. The number of methoxy groups -OCH3 is 1. The van der Waals surface area contributed by atoms with Crippen LogP contribution in [0.1, 0.15) is 23.0 Å². The minimum atomic E-state index is -4.74. The molecule has 192 valence electrons. The molecule has 0 aliphatic rings. The van der Waals surface area contributed by atoms with Crippen molar-refractivity contribution in [3.05, 3.63) is 84.1 Å². The molecule has 0 radical (unpaired) electrons. The fourth-order valence-corrected chi connectivity index (χ4v) is 4.31. The fraction of sp³-hybridized carbons (Fsp3) is 0.192. The second-order valence-corrected chi connectivity index (χ2v) is 8.73. The van der Waals surface area contributed by atoms with E-state index in [1.54, 1.807) is 26.2 Å². The van der Waals surface area contributed by atoms with Crippen LogP contribution in [-0.2, 0) is 11.3 Å². The van der Waals surface area contributed by atoms with Gasteiger partial charge in [0.1, 0.15) is 11.5 Å². The van der Waals surface area contributed by atoms with Gasteiger partial charge in [0.15, 0.2) is 10.7 Å². The first-order valence-corrected chi connectivity index (χ1v) is 11.9. The SMILES string of the molecule is CCOC(=O)c1c(Sc2ccc(-c3ccc(OC(F)(F)F)cc3)cc2)nnn1Cc1ccc(OC)cc1. The van der Waals surface area contributed by atoms with Crippen molar-refractivity contribution in [2.45, 2.75) is 29.8 Å². The third kappa shape index (κ3) is 6.82. The third-order valence-electron chi connectivity index (χ3n) is 5.15. The summed E-state index contributed by atoms with van der Waals surface area (Å²) in [5, 5.41) is 8.78. The van der Waals surface area contributed by atoms with E-state index >= 15 is 0 Å². The molecule has 0 saturated heterocycles. The maximum absolute atomic E-state index is 12.7. The van der Waals surface area contributed by atoms with Crippen LogP contribution in [0.2, 0.25) is 0 Å². The summed E-state index contributed by atoms with van der Waals surface area (Å²) in [6.45, 7) is 2.25. The van der Waals surface area contributed by atoms with Gasteiger partial charge in [-0.3, -0.25) is 0 Å². The number of nitrogens with zero attached hydrogens (tertiary/aromatic N) is 3. The molecular formula is C26H22F3N3O4S. The predicted molar refractivity (Wildman–Crippen MR) is 131 cm³/mol. The second-order valence-electron chi connectivity index (χ2n) is 7.67. The number of hydrogen-bond acceptors (Lipinski definition) is 7. The molecule has 0 amide bonds. The van der Waals surface area contributed by atoms with E-state index in [1.807, 2.05) is 48.5 Å². The summed E-state index contributed by atoms with van der Waals surface area (Å²) < 4.78 is 53.0. The van der Waals surface area contributed by atoms with Gasteiger partial charge in [0.05, 0.1) is 20.3 Å². The molecule has 4 aromatic rings. The molecule has 0 aliphatic heterocycles. The number of carbonyl (C=O) groups excluding carboxylic acids is 1. The lowest BCUT2D eigenvalue weighted by molar-refractivity contribution is -0.274. The number of alkyl halides is 3. The Hall–Kier alpha value is -3.99. The van der Waals surface area contributed by atoms with Crippen LogP contribution >= 0.6 is 11.8 Å². The Kier molecular flexibility index (Phi) is 8.02. The number of ether oxygens (including phenoxy) is 3. The summed E-state index contributed by atoms with van der Waals surface area (Å²) >= 11 is 1.26. The Morgan fingerprint density at radius 3 is 2.08 bits per heavy atom. The van der Waals surface area contributed by atoms with Gasteiger partial charge in [-0.05, 0) is 60.0 Å². The average Bonchev–Trinajstić information content (AvgIpc) is 3.26. The van der Waals surface area contributed by atoms with Crippen molar-refractivity contribution >= 4 is 17.7 Å². The molecular weight excluding hydrogens is 507 g/mol. The van der Waals surface area contributed by atoms with Crippen LogP contribution < -0.4 is 9.47 Å². The van der Waals surface area contributed by atoms with Gasteiger partial charge in [-0.1, -0.05) is 53.4 Å². The van der Waals surface area contributed by atoms with Gasteiger partial charge in [0, 0.05) is 4.90 Å². The fourth-order valence-electron chi connectivity index (χ4n) is 3.45. The van der Waals surface area contributed by atoms with E-state index in [0.717, 1.165) is 27.3 Å². The number of rotatable bonds is 9. The highest BCUT2D eigenvalue weighted by Gasteiger charge is 2.31. The Morgan fingerprint density at radius 1 is 0.919 bits per heavy atom. The van der Waals surface area contributed by atoms with Crippen molar-refractivity contribution in [2.24, 2.45) is 0 Å². The van der Waals surface area contributed by atoms with Crippen molar-refractivity contribution in [1.29, 1.82) is 0 Å². The zero-order valence-corrected chi connectivity index (χ0v) is 20.7. The molecule has 0 atom stereocenters. The molecule has 7 nitrogen and oxygen atoms in total. The molecule has 0 fully saturated rings. The normalized spacial score (nSPS) is 11.3. The molecule has 0 bridgehead atoms. The van der Waals surface area contributed by atoms with Gasteiger partial charge >= 0.3 is 12.3 Å². The Labute approximate surface area is 215 Å². The second kappa shape index (κ2) is 11.4. The third-order valence-corrected chi connectivity index (χ3v) is 6.13. The molecule has 0 spiro atoms. The monoisotopic (exact) mass is 529 g/mol. The summed E-state index contributed by atoms with van der Waals surface area (Å²) in [5.74, 6) is -0.0906. The van der Waals surface area contributed by atoms with Crippen LogP contribution in [-0.4, -0.2) is 41.0 Å². The van der Waals surface area contributed by atoms with E-state index in [1.165, 1.54) is 28.6 Å². The lowest BCUT2D eigenvalue weighted by Gasteiger charge is -2.10. The Balaban J connectivity index is 1.52. The topological polar surface area (TPSA) is 75.5 Å². The summed E-state index contributed by atoms with van der Waals surface area (Å²) in [7, 11) is 1.59. The lowest BCUT2D eigenvalue weighted by atomic mass is 10.1. The molecule has 1 aromatic heterocycles. The van der Waals surface area contributed by atoms with Gasteiger partial charge in [-0.2, -0.15) is 0 Å². The standard InChI is InChI=1S/C26H22F3N3O4S/c1-3-35-25(33)23-24(30-31-32(23)16-17-4-10-20(34-2)11-5-17)37-22-14-8-19(9-15-22)18-6-12-21(13-7-18)36-26(27,28)29/h4-15H,3,16H2,1-2H3. The van der Waals surface area contributed by atoms with Crippen LogP contribution in [0.15, 0.2) is 82.7 Å². The van der Waals surface area contributed by atoms with E-state index in [4.69, 9.17) is 9.47 Å². The Bertz CT molecular complexity index is 1340.